The van der Waals surface area contributed by atoms with Crippen LogP contribution >= 0.6 is 0 Å². The summed E-state index contributed by atoms with van der Waals surface area (Å²) in [5.41, 5.74) is 5.61. The Morgan fingerprint density at radius 3 is 1.67 bits per heavy atom. The first kappa shape index (κ1) is 22.8. The van der Waals surface area contributed by atoms with E-state index < -0.39 is 0 Å². The fourth-order valence-corrected chi connectivity index (χ4v) is 3.91. The van der Waals surface area contributed by atoms with Gasteiger partial charge in [0.15, 0.2) is 0 Å². The lowest BCUT2D eigenvalue weighted by molar-refractivity contribution is 0.179. The third-order valence-electron chi connectivity index (χ3n) is 5.54. The zero-order valence-electron chi connectivity index (χ0n) is 19.2. The zero-order chi connectivity index (χ0) is 22.7. The quantitative estimate of drug-likeness (QED) is 0.334. The Hall–Kier alpha value is -3.41. The largest absolute Gasteiger partial charge is 0.292 e. The molecule has 4 aromatic rings. The van der Waals surface area contributed by atoms with E-state index in [1.807, 2.05) is 43.6 Å². The van der Waals surface area contributed by atoms with Gasteiger partial charge in [-0.1, -0.05) is 48.5 Å². The van der Waals surface area contributed by atoms with Gasteiger partial charge in [0.1, 0.15) is 0 Å². The van der Waals surface area contributed by atoms with Crippen molar-refractivity contribution >= 4 is 0 Å². The summed E-state index contributed by atoms with van der Waals surface area (Å²) in [7, 11) is 0. The minimum Gasteiger partial charge on any atom is -0.292 e. The molecule has 0 aliphatic carbocycles. The molecule has 0 radical (unpaired) electrons. The third-order valence-corrected chi connectivity index (χ3v) is 5.54. The van der Waals surface area contributed by atoms with Crippen molar-refractivity contribution in [1.82, 2.24) is 24.8 Å². The highest BCUT2D eigenvalue weighted by Gasteiger charge is 2.14. The first-order valence-corrected chi connectivity index (χ1v) is 11.5. The summed E-state index contributed by atoms with van der Waals surface area (Å²) in [6, 6.07) is 29.1. The standard InChI is InChI=1S/C28H31N5/c1-24-10-9-15-28(31-24)23-33(22-27-14-6-8-17-30-27)19-18-32(20-25-11-3-2-4-12-25)21-26-13-5-7-16-29-26/h2-17H,18-23H2,1H3. The number of aromatic nitrogens is 3. The lowest BCUT2D eigenvalue weighted by atomic mass is 10.2. The Morgan fingerprint density at radius 2 is 1.09 bits per heavy atom. The normalized spacial score (nSPS) is 11.2. The molecule has 0 N–H and O–H groups in total. The number of hydrogen-bond donors (Lipinski definition) is 0. The number of hydrogen-bond acceptors (Lipinski definition) is 5. The topological polar surface area (TPSA) is 45.2 Å². The van der Waals surface area contributed by atoms with Crippen molar-refractivity contribution in [3.8, 4) is 0 Å². The highest BCUT2D eigenvalue weighted by atomic mass is 15.2. The highest BCUT2D eigenvalue weighted by Crippen LogP contribution is 2.12. The minimum absolute atomic E-state index is 0.791. The fraction of sp³-hybridized carbons (Fsp3) is 0.250. The van der Waals surface area contributed by atoms with Gasteiger partial charge in [0.2, 0.25) is 0 Å². The molecule has 0 saturated carbocycles. The molecule has 0 fully saturated rings. The van der Waals surface area contributed by atoms with Crippen molar-refractivity contribution in [3.05, 3.63) is 126 Å². The van der Waals surface area contributed by atoms with E-state index >= 15 is 0 Å². The van der Waals surface area contributed by atoms with E-state index in [0.717, 1.165) is 62.0 Å². The fourth-order valence-electron chi connectivity index (χ4n) is 3.91. The lowest BCUT2D eigenvalue weighted by Gasteiger charge is -2.27. The molecule has 0 atom stereocenters. The van der Waals surface area contributed by atoms with Gasteiger partial charge in [-0.05, 0) is 48.9 Å². The van der Waals surface area contributed by atoms with Gasteiger partial charge in [0, 0.05) is 57.4 Å². The number of nitrogens with zero attached hydrogens (tertiary/aromatic N) is 5. The second-order valence-corrected chi connectivity index (χ2v) is 8.32. The summed E-state index contributed by atoms with van der Waals surface area (Å²) < 4.78 is 0. The molecule has 5 nitrogen and oxygen atoms in total. The Balaban J connectivity index is 1.48. The van der Waals surface area contributed by atoms with Crippen LogP contribution in [0.3, 0.4) is 0 Å². The molecule has 0 unspecified atom stereocenters. The average Bonchev–Trinajstić information content (AvgIpc) is 2.84. The van der Waals surface area contributed by atoms with Crippen LogP contribution in [0.25, 0.3) is 0 Å². The summed E-state index contributed by atoms with van der Waals surface area (Å²) in [5.74, 6) is 0. The number of aryl methyl sites for hydroxylation is 1. The summed E-state index contributed by atoms with van der Waals surface area (Å²) in [6.45, 7) is 7.16. The molecule has 0 amide bonds. The molecule has 0 saturated heterocycles. The van der Waals surface area contributed by atoms with E-state index in [0.29, 0.717) is 0 Å². The van der Waals surface area contributed by atoms with E-state index in [4.69, 9.17) is 4.98 Å². The molecule has 0 spiro atoms. The van der Waals surface area contributed by atoms with Crippen LogP contribution in [-0.4, -0.2) is 37.8 Å². The van der Waals surface area contributed by atoms with E-state index in [9.17, 15) is 0 Å². The van der Waals surface area contributed by atoms with Gasteiger partial charge in [-0.2, -0.15) is 0 Å². The lowest BCUT2D eigenvalue weighted by Crippen LogP contribution is -2.34. The van der Waals surface area contributed by atoms with Gasteiger partial charge in [-0.3, -0.25) is 24.8 Å². The van der Waals surface area contributed by atoms with Crippen molar-refractivity contribution in [2.24, 2.45) is 0 Å². The minimum atomic E-state index is 0.791. The first-order chi connectivity index (χ1) is 16.2. The van der Waals surface area contributed by atoms with Gasteiger partial charge >= 0.3 is 0 Å². The molecule has 1 aromatic carbocycles. The molecule has 5 heteroatoms. The predicted molar refractivity (Wildman–Crippen MR) is 132 cm³/mol. The van der Waals surface area contributed by atoms with Gasteiger partial charge in [0.25, 0.3) is 0 Å². The monoisotopic (exact) mass is 437 g/mol. The SMILES string of the molecule is Cc1cccc(CN(CCN(Cc2ccccc2)Cc2ccccn2)Cc2ccccn2)n1. The number of rotatable bonds is 11. The van der Waals surface area contributed by atoms with Crippen LogP contribution in [0.2, 0.25) is 0 Å². The molecule has 3 heterocycles. The molecule has 3 aromatic heterocycles. The van der Waals surface area contributed by atoms with E-state index in [-0.39, 0.29) is 0 Å². The predicted octanol–water partition coefficient (Wildman–Crippen LogP) is 4.88. The van der Waals surface area contributed by atoms with Crippen LogP contribution in [0.4, 0.5) is 0 Å². The van der Waals surface area contributed by atoms with Gasteiger partial charge in [-0.25, -0.2) is 0 Å². The molecular weight excluding hydrogens is 406 g/mol. The van der Waals surface area contributed by atoms with Crippen molar-refractivity contribution in [2.45, 2.75) is 33.1 Å². The second kappa shape index (κ2) is 12.0. The molecular formula is C28H31N5. The molecule has 33 heavy (non-hydrogen) atoms. The smallest absolute Gasteiger partial charge is 0.0547 e. The maximum atomic E-state index is 4.73. The number of benzene rings is 1. The van der Waals surface area contributed by atoms with Crippen molar-refractivity contribution in [1.29, 1.82) is 0 Å². The first-order valence-electron chi connectivity index (χ1n) is 11.5. The Morgan fingerprint density at radius 1 is 0.545 bits per heavy atom. The van der Waals surface area contributed by atoms with E-state index in [2.05, 4.69) is 80.4 Å². The summed E-state index contributed by atoms with van der Waals surface area (Å²) >= 11 is 0. The average molecular weight is 438 g/mol. The van der Waals surface area contributed by atoms with Crippen LogP contribution in [0.15, 0.2) is 97.3 Å². The van der Waals surface area contributed by atoms with Crippen molar-refractivity contribution in [3.63, 3.8) is 0 Å². The van der Waals surface area contributed by atoms with E-state index in [1.54, 1.807) is 0 Å². The zero-order valence-corrected chi connectivity index (χ0v) is 19.2. The van der Waals surface area contributed by atoms with Gasteiger partial charge in [-0.15, -0.1) is 0 Å². The Bertz CT molecular complexity index is 1050. The Kier molecular flexibility index (Phi) is 8.28. The summed E-state index contributed by atoms with van der Waals surface area (Å²) in [6.07, 6.45) is 3.73. The van der Waals surface area contributed by atoms with Gasteiger partial charge in [0.05, 0.1) is 17.1 Å². The second-order valence-electron chi connectivity index (χ2n) is 8.32. The van der Waals surface area contributed by atoms with Crippen LogP contribution in [-0.2, 0) is 26.2 Å². The molecule has 4 rings (SSSR count). The summed E-state index contributed by atoms with van der Waals surface area (Å²) in [4.78, 5) is 18.7. The third kappa shape index (κ3) is 7.59. The van der Waals surface area contributed by atoms with Gasteiger partial charge < -0.3 is 0 Å². The van der Waals surface area contributed by atoms with Crippen molar-refractivity contribution in [2.75, 3.05) is 13.1 Å². The molecule has 0 aliphatic rings. The molecule has 168 valence electrons. The van der Waals surface area contributed by atoms with E-state index in [1.165, 1.54) is 5.56 Å². The van der Waals surface area contributed by atoms with Crippen LogP contribution in [0.5, 0.6) is 0 Å². The number of pyridine rings is 3. The van der Waals surface area contributed by atoms with Crippen molar-refractivity contribution < 1.29 is 0 Å². The maximum absolute atomic E-state index is 4.73. The highest BCUT2D eigenvalue weighted by molar-refractivity contribution is 5.15. The maximum Gasteiger partial charge on any atom is 0.0547 e. The van der Waals surface area contributed by atoms with Crippen LogP contribution < -0.4 is 0 Å². The Labute approximate surface area is 196 Å². The van der Waals surface area contributed by atoms with Crippen LogP contribution in [0.1, 0.15) is 28.3 Å². The van der Waals surface area contributed by atoms with Crippen LogP contribution in [0, 0.1) is 6.92 Å². The summed E-state index contributed by atoms with van der Waals surface area (Å²) in [5, 5.41) is 0. The molecule has 0 aliphatic heterocycles. The molecule has 0 bridgehead atoms.